The van der Waals surface area contributed by atoms with Crippen LogP contribution in [-0.2, 0) is 11.3 Å². The van der Waals surface area contributed by atoms with E-state index in [2.05, 4.69) is 34.5 Å². The van der Waals surface area contributed by atoms with Crippen molar-refractivity contribution in [2.24, 2.45) is 0 Å². The van der Waals surface area contributed by atoms with Gasteiger partial charge in [0.25, 0.3) is 0 Å². The van der Waals surface area contributed by atoms with Crippen molar-refractivity contribution in [3.63, 3.8) is 0 Å². The minimum Gasteiger partial charge on any atom is -0.388 e. The van der Waals surface area contributed by atoms with Crippen molar-refractivity contribution < 1.29 is 4.74 Å². The van der Waals surface area contributed by atoms with Gasteiger partial charge in [-0.05, 0) is 17.7 Å². The van der Waals surface area contributed by atoms with Gasteiger partial charge in [-0.25, -0.2) is 0 Å². The number of anilines is 1. The fourth-order valence-electron chi connectivity index (χ4n) is 1.84. The van der Waals surface area contributed by atoms with E-state index in [4.69, 9.17) is 4.74 Å². The first kappa shape index (κ1) is 10.5. The van der Waals surface area contributed by atoms with E-state index < -0.39 is 0 Å². The van der Waals surface area contributed by atoms with Gasteiger partial charge in [-0.2, -0.15) is 0 Å². The topological polar surface area (TPSA) is 24.5 Å². The third-order valence-corrected chi connectivity index (χ3v) is 2.73. The second-order valence-corrected chi connectivity index (χ2v) is 3.84. The van der Waals surface area contributed by atoms with Gasteiger partial charge in [0, 0.05) is 32.4 Å². The minimum absolute atomic E-state index is 0.867. The lowest BCUT2D eigenvalue weighted by Gasteiger charge is -2.26. The van der Waals surface area contributed by atoms with Crippen LogP contribution < -0.4 is 5.32 Å². The van der Waals surface area contributed by atoms with Gasteiger partial charge in [0.15, 0.2) is 0 Å². The molecule has 82 valence electrons. The lowest BCUT2D eigenvalue weighted by atomic mass is 10.2. The summed E-state index contributed by atoms with van der Waals surface area (Å²) in [5, 5.41) is 3.16. The van der Waals surface area contributed by atoms with Crippen LogP contribution in [0.5, 0.6) is 0 Å². The summed E-state index contributed by atoms with van der Waals surface area (Å²) in [5.74, 6) is 0. The van der Waals surface area contributed by atoms with Gasteiger partial charge >= 0.3 is 0 Å². The summed E-state index contributed by atoms with van der Waals surface area (Å²) in [7, 11) is 1.95. The van der Waals surface area contributed by atoms with Crippen LogP contribution >= 0.6 is 0 Å². The zero-order chi connectivity index (χ0) is 10.5. The molecule has 0 saturated carbocycles. The molecule has 0 aromatic heterocycles. The van der Waals surface area contributed by atoms with Crippen LogP contribution in [0.3, 0.4) is 0 Å². The predicted octanol–water partition coefficient (Wildman–Crippen LogP) is 1.56. The number of morpholine rings is 1. The Balaban J connectivity index is 1.96. The molecule has 3 nitrogen and oxygen atoms in total. The third kappa shape index (κ3) is 2.94. The fraction of sp³-hybridized carbons (Fsp3) is 0.500. The molecule has 1 saturated heterocycles. The molecule has 1 heterocycles. The van der Waals surface area contributed by atoms with Gasteiger partial charge in [-0.3, -0.25) is 4.90 Å². The van der Waals surface area contributed by atoms with Crippen molar-refractivity contribution >= 4 is 5.69 Å². The lowest BCUT2D eigenvalue weighted by molar-refractivity contribution is 0.0342. The van der Waals surface area contributed by atoms with Crippen molar-refractivity contribution in [1.82, 2.24) is 4.90 Å². The number of hydrogen-bond donors (Lipinski definition) is 1. The van der Waals surface area contributed by atoms with Crippen LogP contribution in [0.2, 0.25) is 0 Å². The van der Waals surface area contributed by atoms with E-state index in [1.54, 1.807) is 0 Å². The summed E-state index contributed by atoms with van der Waals surface area (Å²) < 4.78 is 5.33. The number of ether oxygens (including phenoxy) is 1. The van der Waals surface area contributed by atoms with Crippen LogP contribution in [-0.4, -0.2) is 38.3 Å². The Morgan fingerprint density at radius 3 is 2.87 bits per heavy atom. The molecule has 1 fully saturated rings. The molecule has 1 N–H and O–H groups in total. The maximum Gasteiger partial charge on any atom is 0.0594 e. The summed E-state index contributed by atoms with van der Waals surface area (Å²) >= 11 is 0. The first-order valence-electron chi connectivity index (χ1n) is 5.45. The maximum atomic E-state index is 5.33. The van der Waals surface area contributed by atoms with Gasteiger partial charge in [0.2, 0.25) is 0 Å². The molecule has 15 heavy (non-hydrogen) atoms. The molecule has 0 spiro atoms. The summed E-state index contributed by atoms with van der Waals surface area (Å²) in [6.45, 7) is 4.85. The third-order valence-electron chi connectivity index (χ3n) is 2.73. The average Bonchev–Trinajstić information content (AvgIpc) is 2.31. The molecule has 0 atom stereocenters. The molecule has 0 unspecified atom stereocenters. The van der Waals surface area contributed by atoms with E-state index in [9.17, 15) is 0 Å². The second kappa shape index (κ2) is 5.14. The highest BCUT2D eigenvalue weighted by molar-refractivity contribution is 5.44. The van der Waals surface area contributed by atoms with Gasteiger partial charge < -0.3 is 10.1 Å². The van der Waals surface area contributed by atoms with Crippen molar-refractivity contribution in [1.29, 1.82) is 0 Å². The van der Waals surface area contributed by atoms with Crippen LogP contribution in [0.15, 0.2) is 24.3 Å². The zero-order valence-corrected chi connectivity index (χ0v) is 9.20. The Morgan fingerprint density at radius 1 is 1.33 bits per heavy atom. The van der Waals surface area contributed by atoms with Crippen molar-refractivity contribution in [2.75, 3.05) is 38.7 Å². The number of rotatable bonds is 3. The molecular formula is C12H18N2O. The average molecular weight is 206 g/mol. The van der Waals surface area contributed by atoms with Gasteiger partial charge in [-0.1, -0.05) is 12.1 Å². The largest absolute Gasteiger partial charge is 0.388 e. The summed E-state index contributed by atoms with van der Waals surface area (Å²) in [5.41, 5.74) is 2.55. The van der Waals surface area contributed by atoms with Gasteiger partial charge in [0.1, 0.15) is 0 Å². The normalized spacial score (nSPS) is 17.7. The van der Waals surface area contributed by atoms with Gasteiger partial charge in [-0.15, -0.1) is 0 Å². The molecular weight excluding hydrogens is 188 g/mol. The monoisotopic (exact) mass is 206 g/mol. The number of benzene rings is 1. The fourth-order valence-corrected chi connectivity index (χ4v) is 1.84. The molecule has 1 aromatic rings. The first-order valence-corrected chi connectivity index (χ1v) is 5.45. The van der Waals surface area contributed by atoms with Crippen LogP contribution in [0.1, 0.15) is 5.56 Å². The van der Waals surface area contributed by atoms with Crippen LogP contribution in [0, 0.1) is 0 Å². The van der Waals surface area contributed by atoms with E-state index in [0.29, 0.717) is 0 Å². The maximum absolute atomic E-state index is 5.33. The molecule has 1 aromatic carbocycles. The highest BCUT2D eigenvalue weighted by Gasteiger charge is 2.10. The second-order valence-electron chi connectivity index (χ2n) is 3.84. The standard InChI is InChI=1S/C12H18N2O/c1-13-12-4-2-3-11(9-12)10-14-5-7-15-8-6-14/h2-4,9,13H,5-8,10H2,1H3. The molecule has 2 rings (SSSR count). The van der Waals surface area contributed by atoms with Crippen LogP contribution in [0.4, 0.5) is 5.69 Å². The summed E-state index contributed by atoms with van der Waals surface area (Å²) in [6.07, 6.45) is 0. The van der Waals surface area contributed by atoms with Gasteiger partial charge in [0.05, 0.1) is 13.2 Å². The predicted molar refractivity (Wildman–Crippen MR) is 62.1 cm³/mol. The summed E-state index contributed by atoms with van der Waals surface area (Å²) in [4.78, 5) is 2.43. The number of nitrogens with zero attached hydrogens (tertiary/aromatic N) is 1. The number of hydrogen-bond acceptors (Lipinski definition) is 3. The minimum atomic E-state index is 0.867. The van der Waals surface area contributed by atoms with E-state index in [0.717, 1.165) is 32.8 Å². The molecule has 1 aliphatic heterocycles. The SMILES string of the molecule is CNc1cccc(CN2CCOCC2)c1. The lowest BCUT2D eigenvalue weighted by Crippen LogP contribution is -2.35. The Morgan fingerprint density at radius 2 is 2.13 bits per heavy atom. The molecule has 0 amide bonds. The Labute approximate surface area is 91.0 Å². The van der Waals surface area contributed by atoms with E-state index in [1.807, 2.05) is 7.05 Å². The van der Waals surface area contributed by atoms with Crippen molar-refractivity contribution in [3.05, 3.63) is 29.8 Å². The van der Waals surface area contributed by atoms with E-state index in [1.165, 1.54) is 11.3 Å². The molecule has 0 aliphatic carbocycles. The van der Waals surface area contributed by atoms with E-state index >= 15 is 0 Å². The smallest absolute Gasteiger partial charge is 0.0594 e. The van der Waals surface area contributed by atoms with Crippen LogP contribution in [0.25, 0.3) is 0 Å². The number of nitrogens with one attached hydrogen (secondary N) is 1. The van der Waals surface area contributed by atoms with Crippen molar-refractivity contribution in [2.45, 2.75) is 6.54 Å². The first-order chi connectivity index (χ1) is 7.38. The highest BCUT2D eigenvalue weighted by atomic mass is 16.5. The molecule has 0 bridgehead atoms. The van der Waals surface area contributed by atoms with Crippen molar-refractivity contribution in [3.8, 4) is 0 Å². The Kier molecular flexibility index (Phi) is 3.59. The quantitative estimate of drug-likeness (QED) is 0.812. The molecule has 0 radical (unpaired) electrons. The Bertz CT molecular complexity index is 308. The molecule has 3 heteroatoms. The highest BCUT2D eigenvalue weighted by Crippen LogP contribution is 2.12. The Hall–Kier alpha value is -1.06. The zero-order valence-electron chi connectivity index (χ0n) is 9.20. The summed E-state index contributed by atoms with van der Waals surface area (Å²) in [6, 6.07) is 8.57. The van der Waals surface area contributed by atoms with E-state index in [-0.39, 0.29) is 0 Å². The molecule has 1 aliphatic rings.